The molecule has 0 saturated carbocycles. The molecule has 1 unspecified atom stereocenters. The van der Waals surface area contributed by atoms with Crippen molar-refractivity contribution < 1.29 is 4.74 Å². The van der Waals surface area contributed by atoms with Gasteiger partial charge in [0.25, 0.3) is 0 Å². The number of hydrogen-bond acceptors (Lipinski definition) is 2. The standard InChI is InChI=1S/C12H27NO/c1-10(2)6-7-11(13)8-9-12(3,4)14-5/h10-11H,6-9,13H2,1-5H3. The van der Waals surface area contributed by atoms with Gasteiger partial charge in [-0.2, -0.15) is 0 Å². The lowest BCUT2D eigenvalue weighted by molar-refractivity contribution is 0.0123. The molecule has 0 aliphatic rings. The van der Waals surface area contributed by atoms with Gasteiger partial charge in [0.15, 0.2) is 0 Å². The van der Waals surface area contributed by atoms with Crippen molar-refractivity contribution in [3.63, 3.8) is 0 Å². The van der Waals surface area contributed by atoms with E-state index in [-0.39, 0.29) is 5.60 Å². The first kappa shape index (κ1) is 13.9. The zero-order valence-electron chi connectivity index (χ0n) is 10.5. The van der Waals surface area contributed by atoms with Crippen molar-refractivity contribution in [3.05, 3.63) is 0 Å². The van der Waals surface area contributed by atoms with Crippen LogP contribution in [0.5, 0.6) is 0 Å². The number of rotatable bonds is 7. The molecule has 0 bridgehead atoms. The third kappa shape index (κ3) is 7.34. The van der Waals surface area contributed by atoms with Crippen LogP contribution in [0.15, 0.2) is 0 Å². The number of nitrogens with two attached hydrogens (primary N) is 1. The second-order valence-corrected chi connectivity index (χ2v) is 5.23. The Balaban J connectivity index is 3.58. The molecule has 0 rings (SSSR count). The van der Waals surface area contributed by atoms with Crippen LogP contribution in [0, 0.1) is 5.92 Å². The second-order valence-electron chi connectivity index (χ2n) is 5.23. The van der Waals surface area contributed by atoms with Crippen LogP contribution < -0.4 is 5.73 Å². The van der Waals surface area contributed by atoms with Gasteiger partial charge in [-0.1, -0.05) is 13.8 Å². The average Bonchev–Trinajstić information content (AvgIpc) is 2.11. The molecule has 1 atom stereocenters. The van der Waals surface area contributed by atoms with E-state index < -0.39 is 0 Å². The summed E-state index contributed by atoms with van der Waals surface area (Å²) in [6, 6.07) is 0.340. The van der Waals surface area contributed by atoms with E-state index in [2.05, 4.69) is 27.7 Å². The van der Waals surface area contributed by atoms with Crippen LogP contribution in [0.3, 0.4) is 0 Å². The van der Waals surface area contributed by atoms with Gasteiger partial charge in [-0.25, -0.2) is 0 Å². The molecule has 14 heavy (non-hydrogen) atoms. The minimum absolute atomic E-state index is 0.0184. The highest BCUT2D eigenvalue weighted by atomic mass is 16.5. The monoisotopic (exact) mass is 201 g/mol. The Hall–Kier alpha value is -0.0800. The molecular weight excluding hydrogens is 174 g/mol. The van der Waals surface area contributed by atoms with Gasteiger partial charge >= 0.3 is 0 Å². The van der Waals surface area contributed by atoms with E-state index in [9.17, 15) is 0 Å². The second kappa shape index (κ2) is 6.41. The normalized spacial score (nSPS) is 14.8. The molecule has 0 aromatic carbocycles. The first-order valence-electron chi connectivity index (χ1n) is 5.68. The third-order valence-corrected chi connectivity index (χ3v) is 2.78. The Morgan fingerprint density at radius 3 is 2.14 bits per heavy atom. The highest BCUT2D eigenvalue weighted by Gasteiger charge is 2.17. The summed E-state index contributed by atoms with van der Waals surface area (Å²) < 4.78 is 5.36. The predicted molar refractivity (Wildman–Crippen MR) is 62.4 cm³/mol. The van der Waals surface area contributed by atoms with Gasteiger partial charge in [0.1, 0.15) is 0 Å². The van der Waals surface area contributed by atoms with Gasteiger partial charge < -0.3 is 10.5 Å². The molecule has 0 aromatic heterocycles. The van der Waals surface area contributed by atoms with Crippen LogP contribution in [0.4, 0.5) is 0 Å². The van der Waals surface area contributed by atoms with E-state index in [1.807, 2.05) is 0 Å². The Morgan fingerprint density at radius 1 is 1.14 bits per heavy atom. The fourth-order valence-electron chi connectivity index (χ4n) is 1.33. The van der Waals surface area contributed by atoms with Crippen molar-refractivity contribution in [2.24, 2.45) is 11.7 Å². The lowest BCUT2D eigenvalue weighted by Crippen LogP contribution is -2.28. The predicted octanol–water partition coefficient (Wildman–Crippen LogP) is 2.96. The first-order chi connectivity index (χ1) is 6.37. The van der Waals surface area contributed by atoms with E-state index >= 15 is 0 Å². The maximum atomic E-state index is 6.03. The first-order valence-corrected chi connectivity index (χ1v) is 5.68. The maximum absolute atomic E-state index is 6.03. The summed E-state index contributed by atoms with van der Waals surface area (Å²) in [7, 11) is 1.76. The Morgan fingerprint density at radius 2 is 1.71 bits per heavy atom. The summed E-state index contributed by atoms with van der Waals surface area (Å²) >= 11 is 0. The van der Waals surface area contributed by atoms with Crippen molar-refractivity contribution in [1.82, 2.24) is 0 Å². The number of methoxy groups -OCH3 is 1. The lowest BCUT2D eigenvalue weighted by atomic mass is 9.95. The quantitative estimate of drug-likeness (QED) is 0.687. The molecule has 0 aliphatic heterocycles. The third-order valence-electron chi connectivity index (χ3n) is 2.78. The molecule has 0 heterocycles. The molecule has 0 fully saturated rings. The lowest BCUT2D eigenvalue weighted by Gasteiger charge is -2.24. The summed E-state index contributed by atoms with van der Waals surface area (Å²) in [5.41, 5.74) is 6.01. The van der Waals surface area contributed by atoms with Gasteiger partial charge in [0.05, 0.1) is 5.60 Å². The SMILES string of the molecule is COC(C)(C)CCC(N)CCC(C)C. The molecule has 0 spiro atoms. The Bertz CT molecular complexity index is 143. The van der Waals surface area contributed by atoms with E-state index in [4.69, 9.17) is 10.5 Å². The van der Waals surface area contributed by atoms with E-state index in [0.29, 0.717) is 6.04 Å². The van der Waals surface area contributed by atoms with Crippen LogP contribution in [0.25, 0.3) is 0 Å². The molecule has 2 nitrogen and oxygen atoms in total. The molecule has 0 amide bonds. The molecule has 2 heteroatoms. The van der Waals surface area contributed by atoms with Crippen molar-refractivity contribution in [3.8, 4) is 0 Å². The molecule has 0 aliphatic carbocycles. The molecule has 86 valence electrons. The van der Waals surface area contributed by atoms with Gasteiger partial charge in [-0.15, -0.1) is 0 Å². The number of hydrogen-bond donors (Lipinski definition) is 1. The maximum Gasteiger partial charge on any atom is 0.0623 e. The van der Waals surface area contributed by atoms with Crippen LogP contribution in [0.2, 0.25) is 0 Å². The highest BCUT2D eigenvalue weighted by Crippen LogP contribution is 2.18. The summed E-state index contributed by atoms with van der Waals surface area (Å²) in [6.07, 6.45) is 4.47. The van der Waals surface area contributed by atoms with Crippen molar-refractivity contribution in [2.45, 2.75) is 65.0 Å². The van der Waals surface area contributed by atoms with Crippen molar-refractivity contribution in [1.29, 1.82) is 0 Å². The van der Waals surface area contributed by atoms with Gasteiger partial charge in [0, 0.05) is 13.2 Å². The molecule has 0 radical (unpaired) electrons. The smallest absolute Gasteiger partial charge is 0.0623 e. The fraction of sp³-hybridized carbons (Fsp3) is 1.00. The van der Waals surface area contributed by atoms with Crippen LogP contribution in [0.1, 0.15) is 53.4 Å². The van der Waals surface area contributed by atoms with E-state index in [0.717, 1.165) is 25.2 Å². The fourth-order valence-corrected chi connectivity index (χ4v) is 1.33. The average molecular weight is 201 g/mol. The largest absolute Gasteiger partial charge is 0.379 e. The minimum Gasteiger partial charge on any atom is -0.379 e. The summed E-state index contributed by atoms with van der Waals surface area (Å²) in [5, 5.41) is 0. The summed E-state index contributed by atoms with van der Waals surface area (Å²) in [6.45, 7) is 8.71. The van der Waals surface area contributed by atoms with Gasteiger partial charge in [-0.3, -0.25) is 0 Å². The van der Waals surface area contributed by atoms with Crippen LogP contribution in [-0.2, 0) is 4.74 Å². The molecule has 0 saturated heterocycles. The molecule has 0 aromatic rings. The van der Waals surface area contributed by atoms with Crippen molar-refractivity contribution in [2.75, 3.05) is 7.11 Å². The summed E-state index contributed by atoms with van der Waals surface area (Å²) in [4.78, 5) is 0. The zero-order chi connectivity index (χ0) is 11.2. The number of ether oxygens (including phenoxy) is 1. The van der Waals surface area contributed by atoms with E-state index in [1.54, 1.807) is 7.11 Å². The van der Waals surface area contributed by atoms with E-state index in [1.165, 1.54) is 6.42 Å². The molecular formula is C12H27NO. The Kier molecular flexibility index (Phi) is 6.38. The Labute approximate surface area is 89.2 Å². The highest BCUT2D eigenvalue weighted by molar-refractivity contribution is 4.72. The van der Waals surface area contributed by atoms with Crippen molar-refractivity contribution >= 4 is 0 Å². The van der Waals surface area contributed by atoms with Gasteiger partial charge in [-0.05, 0) is 45.4 Å². The molecule has 2 N–H and O–H groups in total. The summed E-state index contributed by atoms with van der Waals surface area (Å²) in [5.74, 6) is 0.761. The van der Waals surface area contributed by atoms with Gasteiger partial charge in [0.2, 0.25) is 0 Å². The minimum atomic E-state index is -0.0184. The van der Waals surface area contributed by atoms with Crippen LogP contribution >= 0.6 is 0 Å². The topological polar surface area (TPSA) is 35.2 Å². The van der Waals surface area contributed by atoms with Crippen LogP contribution in [-0.4, -0.2) is 18.8 Å². The zero-order valence-corrected chi connectivity index (χ0v) is 10.5.